The Hall–Kier alpha value is -1.52. The maximum absolute atomic E-state index is 12.3. The van der Waals surface area contributed by atoms with Crippen molar-refractivity contribution >= 4 is 12.1 Å². The van der Waals surface area contributed by atoms with Gasteiger partial charge in [-0.15, -0.1) is 6.58 Å². The highest BCUT2D eigenvalue weighted by atomic mass is 16.6. The van der Waals surface area contributed by atoms with E-state index in [2.05, 4.69) is 6.58 Å². The Morgan fingerprint density at radius 1 is 1.29 bits per heavy atom. The first kappa shape index (κ1) is 19.5. The smallest absolute Gasteiger partial charge is 0.411 e. The summed E-state index contributed by atoms with van der Waals surface area (Å²) in [4.78, 5) is 25.5. The fourth-order valence-electron chi connectivity index (χ4n) is 1.90. The van der Waals surface area contributed by atoms with Crippen LogP contribution >= 0.6 is 0 Å². The van der Waals surface area contributed by atoms with Crippen LogP contribution in [0.15, 0.2) is 12.7 Å². The molecule has 0 saturated heterocycles. The zero-order valence-corrected chi connectivity index (χ0v) is 14.0. The van der Waals surface area contributed by atoms with Gasteiger partial charge < -0.3 is 9.47 Å². The van der Waals surface area contributed by atoms with Gasteiger partial charge in [-0.3, -0.25) is 9.69 Å². The maximum atomic E-state index is 12.3. The number of hydrogen-bond acceptors (Lipinski definition) is 4. The number of rotatable bonds is 8. The van der Waals surface area contributed by atoms with Crippen LogP contribution in [-0.2, 0) is 14.3 Å². The van der Waals surface area contributed by atoms with Crippen molar-refractivity contribution in [1.82, 2.24) is 4.90 Å². The molecular weight excluding hydrogens is 270 g/mol. The number of ether oxygens (including phenoxy) is 2. The number of amides is 1. The van der Waals surface area contributed by atoms with Gasteiger partial charge in [-0.25, -0.2) is 4.79 Å². The largest absolute Gasteiger partial charge is 0.465 e. The van der Waals surface area contributed by atoms with Gasteiger partial charge in [0.05, 0.1) is 6.61 Å². The van der Waals surface area contributed by atoms with Gasteiger partial charge in [0.15, 0.2) is 0 Å². The topological polar surface area (TPSA) is 55.8 Å². The lowest BCUT2D eigenvalue weighted by Crippen LogP contribution is -2.46. The molecule has 0 aliphatic rings. The Kier molecular flexibility index (Phi) is 8.74. The minimum Gasteiger partial charge on any atom is -0.465 e. The van der Waals surface area contributed by atoms with Gasteiger partial charge in [0.25, 0.3) is 0 Å². The van der Waals surface area contributed by atoms with Crippen LogP contribution in [0.3, 0.4) is 0 Å². The number of allylic oxidation sites excluding steroid dienone is 1. The monoisotopic (exact) mass is 299 g/mol. The van der Waals surface area contributed by atoms with Gasteiger partial charge >= 0.3 is 12.1 Å². The first-order chi connectivity index (χ1) is 9.75. The van der Waals surface area contributed by atoms with E-state index in [0.29, 0.717) is 6.61 Å². The summed E-state index contributed by atoms with van der Waals surface area (Å²) in [6.07, 6.45) is 3.60. The van der Waals surface area contributed by atoms with Crippen molar-refractivity contribution in [2.75, 3.05) is 13.2 Å². The van der Waals surface area contributed by atoms with Gasteiger partial charge in [-0.05, 0) is 47.0 Å². The van der Waals surface area contributed by atoms with Crippen LogP contribution in [0.25, 0.3) is 0 Å². The second-order valence-corrected chi connectivity index (χ2v) is 5.84. The molecule has 0 fully saturated rings. The molecule has 0 aromatic carbocycles. The van der Waals surface area contributed by atoms with E-state index in [1.807, 2.05) is 6.92 Å². The summed E-state index contributed by atoms with van der Waals surface area (Å²) in [6, 6.07) is -0.0674. The third kappa shape index (κ3) is 8.38. The second kappa shape index (κ2) is 9.42. The Labute approximate surface area is 128 Å². The lowest BCUT2D eigenvalue weighted by atomic mass is 10.1. The van der Waals surface area contributed by atoms with E-state index in [1.54, 1.807) is 33.8 Å². The molecule has 0 bridgehead atoms. The highest BCUT2D eigenvalue weighted by Gasteiger charge is 2.29. The van der Waals surface area contributed by atoms with Crippen LogP contribution in [0.2, 0.25) is 0 Å². The summed E-state index contributed by atoms with van der Waals surface area (Å²) in [5.74, 6) is -0.416. The molecule has 0 aliphatic carbocycles. The summed E-state index contributed by atoms with van der Waals surface area (Å²) >= 11 is 0. The maximum Gasteiger partial charge on any atom is 0.411 e. The molecule has 0 aromatic heterocycles. The fraction of sp³-hybridized carbons (Fsp3) is 0.750. The predicted molar refractivity (Wildman–Crippen MR) is 83.1 cm³/mol. The van der Waals surface area contributed by atoms with E-state index in [0.717, 1.165) is 19.3 Å². The van der Waals surface area contributed by atoms with Crippen LogP contribution in [0.1, 0.15) is 53.9 Å². The van der Waals surface area contributed by atoms with E-state index in [4.69, 9.17) is 9.47 Å². The molecule has 0 heterocycles. The number of carbonyl (C=O) groups is 2. The van der Waals surface area contributed by atoms with Crippen molar-refractivity contribution in [2.24, 2.45) is 0 Å². The highest BCUT2D eigenvalue weighted by Crippen LogP contribution is 2.17. The molecule has 0 radical (unpaired) electrons. The zero-order valence-electron chi connectivity index (χ0n) is 14.0. The third-order valence-corrected chi connectivity index (χ3v) is 2.85. The lowest BCUT2D eigenvalue weighted by Gasteiger charge is -2.32. The average molecular weight is 299 g/mol. The molecule has 0 spiro atoms. The summed E-state index contributed by atoms with van der Waals surface area (Å²) in [7, 11) is 0. The molecular formula is C16H29NO4. The third-order valence-electron chi connectivity index (χ3n) is 2.85. The molecule has 5 nitrogen and oxygen atoms in total. The van der Waals surface area contributed by atoms with Crippen molar-refractivity contribution in [3.05, 3.63) is 12.7 Å². The van der Waals surface area contributed by atoms with Crippen LogP contribution in [0.4, 0.5) is 4.79 Å². The normalized spacial score (nSPS) is 12.4. The first-order valence-corrected chi connectivity index (χ1v) is 7.51. The zero-order chi connectivity index (χ0) is 16.5. The Morgan fingerprint density at radius 3 is 2.33 bits per heavy atom. The minimum absolute atomic E-state index is 0.0674. The minimum atomic E-state index is -0.597. The van der Waals surface area contributed by atoms with Crippen molar-refractivity contribution < 1.29 is 19.1 Å². The van der Waals surface area contributed by atoms with E-state index in [1.165, 1.54) is 4.90 Å². The standard InChI is InChI=1S/C16H29NO4/c1-7-10-11-13(8-2)17(12-14(18)20-9-3)15(19)21-16(4,5)6/h7,13H,1,8-12H2,2-6H3. The van der Waals surface area contributed by atoms with Gasteiger partial charge in [0.1, 0.15) is 12.1 Å². The first-order valence-electron chi connectivity index (χ1n) is 7.51. The van der Waals surface area contributed by atoms with E-state index >= 15 is 0 Å². The van der Waals surface area contributed by atoms with Gasteiger partial charge in [-0.1, -0.05) is 13.0 Å². The van der Waals surface area contributed by atoms with Gasteiger partial charge in [0.2, 0.25) is 0 Å². The summed E-state index contributed by atoms with van der Waals surface area (Å²) < 4.78 is 10.3. The van der Waals surface area contributed by atoms with E-state index < -0.39 is 17.7 Å². The molecule has 0 saturated carbocycles. The average Bonchev–Trinajstić information content (AvgIpc) is 2.36. The quantitative estimate of drug-likeness (QED) is 0.508. The molecule has 122 valence electrons. The number of esters is 1. The molecule has 0 aromatic rings. The van der Waals surface area contributed by atoms with E-state index in [9.17, 15) is 9.59 Å². The second-order valence-electron chi connectivity index (χ2n) is 5.84. The van der Waals surface area contributed by atoms with Crippen molar-refractivity contribution in [1.29, 1.82) is 0 Å². The Bertz CT molecular complexity index is 347. The van der Waals surface area contributed by atoms with Gasteiger partial charge in [-0.2, -0.15) is 0 Å². The summed E-state index contributed by atoms with van der Waals surface area (Å²) in [6.45, 7) is 13.0. The fourth-order valence-corrected chi connectivity index (χ4v) is 1.90. The van der Waals surface area contributed by atoms with Crippen LogP contribution < -0.4 is 0 Å². The SMILES string of the molecule is C=CCCC(CC)N(CC(=O)OCC)C(=O)OC(C)(C)C. The van der Waals surface area contributed by atoms with Crippen LogP contribution in [-0.4, -0.2) is 41.8 Å². The number of nitrogens with zero attached hydrogens (tertiary/aromatic N) is 1. The molecule has 21 heavy (non-hydrogen) atoms. The molecule has 5 heteroatoms. The highest BCUT2D eigenvalue weighted by molar-refractivity contribution is 5.78. The summed E-state index contributed by atoms with van der Waals surface area (Å²) in [5, 5.41) is 0. The molecule has 0 N–H and O–H groups in total. The molecule has 0 rings (SSSR count). The number of hydrogen-bond donors (Lipinski definition) is 0. The molecule has 1 atom stereocenters. The van der Waals surface area contributed by atoms with Crippen LogP contribution in [0.5, 0.6) is 0 Å². The number of carbonyl (C=O) groups excluding carboxylic acids is 2. The Morgan fingerprint density at radius 2 is 1.90 bits per heavy atom. The van der Waals surface area contributed by atoms with Crippen molar-refractivity contribution in [3.8, 4) is 0 Å². The summed E-state index contributed by atoms with van der Waals surface area (Å²) in [5.41, 5.74) is -0.597. The Balaban J connectivity index is 5.00. The predicted octanol–water partition coefficient (Wildman–Crippen LogP) is 3.53. The van der Waals surface area contributed by atoms with E-state index in [-0.39, 0.29) is 12.6 Å². The lowest BCUT2D eigenvalue weighted by molar-refractivity contribution is -0.145. The van der Waals surface area contributed by atoms with Crippen molar-refractivity contribution in [3.63, 3.8) is 0 Å². The molecule has 0 aliphatic heterocycles. The van der Waals surface area contributed by atoms with Crippen LogP contribution in [0, 0.1) is 0 Å². The molecule has 1 unspecified atom stereocenters. The van der Waals surface area contributed by atoms with Crippen molar-refractivity contribution in [2.45, 2.75) is 65.5 Å². The molecule has 1 amide bonds. The van der Waals surface area contributed by atoms with Gasteiger partial charge in [0, 0.05) is 6.04 Å².